The average molecular weight is 181 g/mol. The molecule has 0 aliphatic rings. The highest BCUT2D eigenvalue weighted by molar-refractivity contribution is 5.89. The number of ether oxygens (including phenoxy) is 1. The van der Waals surface area contributed by atoms with Crippen LogP contribution in [0.1, 0.15) is 23.0 Å². The molecule has 0 aliphatic heterocycles. The quantitative estimate of drug-likeness (QED) is 0.764. The number of carboxylic acids is 1. The number of carboxylic acid groups (broad SMARTS) is 1. The van der Waals surface area contributed by atoms with E-state index in [0.717, 1.165) is 0 Å². The minimum Gasteiger partial charge on any atom is -0.495 e. The fourth-order valence-corrected chi connectivity index (χ4v) is 1.05. The summed E-state index contributed by atoms with van der Waals surface area (Å²) in [5.74, 6) is -0.502. The minimum atomic E-state index is -0.969. The predicted molar refractivity (Wildman–Crippen MR) is 47.1 cm³/mol. The molecule has 4 heteroatoms. The van der Waals surface area contributed by atoms with Gasteiger partial charge in [0.2, 0.25) is 0 Å². The summed E-state index contributed by atoms with van der Waals surface area (Å²) in [4.78, 5) is 14.7. The number of aryl methyl sites for hydroxylation is 1. The molecule has 1 heterocycles. The van der Waals surface area contributed by atoms with Crippen molar-refractivity contribution in [3.8, 4) is 5.75 Å². The first kappa shape index (κ1) is 9.51. The highest BCUT2D eigenvalue weighted by atomic mass is 16.5. The van der Waals surface area contributed by atoms with Crippen molar-refractivity contribution in [1.82, 2.24) is 4.98 Å². The molecule has 1 aromatic heterocycles. The van der Waals surface area contributed by atoms with Gasteiger partial charge in [0.1, 0.15) is 5.75 Å². The van der Waals surface area contributed by atoms with E-state index in [1.807, 2.05) is 6.92 Å². The number of hydrogen-bond acceptors (Lipinski definition) is 3. The first-order chi connectivity index (χ1) is 6.19. The predicted octanol–water partition coefficient (Wildman–Crippen LogP) is 1.35. The average Bonchev–Trinajstić information content (AvgIpc) is 2.16. The molecule has 0 aromatic carbocycles. The second-order valence-electron chi connectivity index (χ2n) is 2.53. The minimum absolute atomic E-state index is 0.210. The number of aromatic carboxylic acids is 1. The Morgan fingerprint density at radius 3 is 2.85 bits per heavy atom. The summed E-state index contributed by atoms with van der Waals surface area (Å²) in [6.45, 7) is 1.86. The molecule has 0 radical (unpaired) electrons. The summed E-state index contributed by atoms with van der Waals surface area (Å²) in [6.07, 6.45) is 2.12. The van der Waals surface area contributed by atoms with Gasteiger partial charge in [-0.05, 0) is 12.5 Å². The van der Waals surface area contributed by atoms with Gasteiger partial charge in [0.25, 0.3) is 0 Å². The number of pyridine rings is 1. The highest BCUT2D eigenvalue weighted by Gasteiger charge is 2.10. The van der Waals surface area contributed by atoms with Crippen LogP contribution >= 0.6 is 0 Å². The van der Waals surface area contributed by atoms with Gasteiger partial charge < -0.3 is 9.84 Å². The van der Waals surface area contributed by atoms with Crippen molar-refractivity contribution < 1.29 is 14.6 Å². The zero-order chi connectivity index (χ0) is 9.84. The van der Waals surface area contributed by atoms with Gasteiger partial charge in [0, 0.05) is 0 Å². The number of aromatic nitrogens is 1. The third kappa shape index (κ3) is 1.96. The third-order valence-corrected chi connectivity index (χ3v) is 1.75. The topological polar surface area (TPSA) is 59.4 Å². The fourth-order valence-electron chi connectivity index (χ4n) is 1.05. The van der Waals surface area contributed by atoms with Crippen molar-refractivity contribution in [3.05, 3.63) is 23.5 Å². The van der Waals surface area contributed by atoms with E-state index in [4.69, 9.17) is 9.84 Å². The fraction of sp³-hybridized carbons (Fsp3) is 0.333. The Morgan fingerprint density at radius 2 is 2.38 bits per heavy atom. The van der Waals surface area contributed by atoms with E-state index in [-0.39, 0.29) is 5.56 Å². The smallest absolute Gasteiger partial charge is 0.337 e. The molecule has 0 atom stereocenters. The lowest BCUT2D eigenvalue weighted by molar-refractivity contribution is 0.0694. The lowest BCUT2D eigenvalue weighted by Gasteiger charge is -2.04. The van der Waals surface area contributed by atoms with Gasteiger partial charge in [0.05, 0.1) is 24.6 Å². The molecule has 0 amide bonds. The molecule has 70 valence electrons. The van der Waals surface area contributed by atoms with Crippen molar-refractivity contribution >= 4 is 5.97 Å². The number of carbonyl (C=O) groups is 1. The van der Waals surface area contributed by atoms with Crippen LogP contribution in [-0.2, 0) is 6.42 Å². The van der Waals surface area contributed by atoms with E-state index < -0.39 is 5.97 Å². The van der Waals surface area contributed by atoms with Crippen LogP contribution in [0.2, 0.25) is 0 Å². The van der Waals surface area contributed by atoms with Crippen LogP contribution in [0.4, 0.5) is 0 Å². The van der Waals surface area contributed by atoms with E-state index in [1.165, 1.54) is 19.4 Å². The largest absolute Gasteiger partial charge is 0.495 e. The van der Waals surface area contributed by atoms with Crippen LogP contribution in [0.5, 0.6) is 5.75 Å². The second kappa shape index (κ2) is 3.89. The van der Waals surface area contributed by atoms with Crippen molar-refractivity contribution in [1.29, 1.82) is 0 Å². The lowest BCUT2D eigenvalue weighted by atomic mass is 10.1. The van der Waals surface area contributed by atoms with Crippen LogP contribution in [0.15, 0.2) is 12.3 Å². The van der Waals surface area contributed by atoms with Crippen LogP contribution in [0.3, 0.4) is 0 Å². The van der Waals surface area contributed by atoms with Gasteiger partial charge in [0.15, 0.2) is 0 Å². The maximum Gasteiger partial charge on any atom is 0.337 e. The molecule has 1 rings (SSSR count). The zero-order valence-corrected chi connectivity index (χ0v) is 7.57. The molecule has 0 saturated heterocycles. The first-order valence-corrected chi connectivity index (χ1v) is 3.95. The third-order valence-electron chi connectivity index (χ3n) is 1.75. The Bertz CT molecular complexity index is 323. The molecular formula is C9H11NO3. The maximum atomic E-state index is 10.8. The molecule has 0 unspecified atom stereocenters. The zero-order valence-electron chi connectivity index (χ0n) is 7.57. The van der Waals surface area contributed by atoms with E-state index in [1.54, 1.807) is 0 Å². The number of hydrogen-bond donors (Lipinski definition) is 1. The van der Waals surface area contributed by atoms with Crippen molar-refractivity contribution in [2.75, 3.05) is 7.11 Å². The molecule has 4 nitrogen and oxygen atoms in total. The summed E-state index contributed by atoms with van der Waals surface area (Å²) in [6, 6.07) is 1.48. The van der Waals surface area contributed by atoms with Crippen molar-refractivity contribution in [3.63, 3.8) is 0 Å². The van der Waals surface area contributed by atoms with Crippen LogP contribution in [0.25, 0.3) is 0 Å². The maximum absolute atomic E-state index is 10.8. The summed E-state index contributed by atoms with van der Waals surface area (Å²) in [5.41, 5.74) is 0.787. The normalized spacial score (nSPS) is 9.69. The molecule has 1 aromatic rings. The summed E-state index contributed by atoms with van der Waals surface area (Å²) < 4.78 is 4.88. The van der Waals surface area contributed by atoms with E-state index in [9.17, 15) is 4.79 Å². The number of rotatable bonds is 3. The first-order valence-electron chi connectivity index (χ1n) is 3.95. The molecule has 0 fully saturated rings. The Hall–Kier alpha value is -1.58. The Kier molecular flexibility index (Phi) is 2.84. The Balaban J connectivity index is 3.18. The molecule has 0 aliphatic carbocycles. The van der Waals surface area contributed by atoms with E-state index in [2.05, 4.69) is 4.98 Å². The summed E-state index contributed by atoms with van der Waals surface area (Å²) >= 11 is 0. The second-order valence-corrected chi connectivity index (χ2v) is 2.53. The number of methoxy groups -OCH3 is 1. The van der Waals surface area contributed by atoms with Crippen LogP contribution in [0, 0.1) is 0 Å². The SMILES string of the molecule is CCc1ncc(OC)cc1C(=O)O. The van der Waals surface area contributed by atoms with Crippen molar-refractivity contribution in [2.24, 2.45) is 0 Å². The molecule has 0 spiro atoms. The van der Waals surface area contributed by atoms with Gasteiger partial charge in [-0.3, -0.25) is 4.98 Å². The highest BCUT2D eigenvalue weighted by Crippen LogP contribution is 2.15. The Labute approximate surface area is 76.2 Å². The van der Waals surface area contributed by atoms with Gasteiger partial charge in [-0.2, -0.15) is 0 Å². The van der Waals surface area contributed by atoms with Gasteiger partial charge in [-0.25, -0.2) is 4.79 Å². The molecule has 1 N–H and O–H groups in total. The molecule has 0 bridgehead atoms. The molecule has 0 saturated carbocycles. The summed E-state index contributed by atoms with van der Waals surface area (Å²) in [7, 11) is 1.48. The Morgan fingerprint density at radius 1 is 1.69 bits per heavy atom. The van der Waals surface area contributed by atoms with Gasteiger partial charge in [-0.15, -0.1) is 0 Å². The molecular weight excluding hydrogens is 170 g/mol. The van der Waals surface area contributed by atoms with Gasteiger partial charge >= 0.3 is 5.97 Å². The summed E-state index contributed by atoms with van der Waals surface area (Å²) in [5, 5.41) is 8.82. The van der Waals surface area contributed by atoms with E-state index in [0.29, 0.717) is 17.9 Å². The lowest BCUT2D eigenvalue weighted by Crippen LogP contribution is -2.04. The number of nitrogens with zero attached hydrogens (tertiary/aromatic N) is 1. The van der Waals surface area contributed by atoms with Gasteiger partial charge in [-0.1, -0.05) is 6.92 Å². The standard InChI is InChI=1S/C9H11NO3/c1-3-8-7(9(11)12)4-6(13-2)5-10-8/h4-5H,3H2,1-2H3,(H,11,12). The van der Waals surface area contributed by atoms with E-state index >= 15 is 0 Å². The van der Waals surface area contributed by atoms with Crippen molar-refractivity contribution in [2.45, 2.75) is 13.3 Å². The van der Waals surface area contributed by atoms with Crippen LogP contribution in [-0.4, -0.2) is 23.2 Å². The van der Waals surface area contributed by atoms with Crippen LogP contribution < -0.4 is 4.74 Å². The molecule has 13 heavy (non-hydrogen) atoms. The monoisotopic (exact) mass is 181 g/mol.